The molecule has 29 heavy (non-hydrogen) atoms. The van der Waals surface area contributed by atoms with Crippen LogP contribution in [0.25, 0.3) is 0 Å². The highest BCUT2D eigenvalue weighted by atomic mass is 19.1. The number of fused-ring (bicyclic) bond motifs is 1. The smallest absolute Gasteiger partial charge is 0.191 e. The average Bonchev–Trinajstić information content (AvgIpc) is 3.38. The van der Waals surface area contributed by atoms with Crippen molar-refractivity contribution in [2.75, 3.05) is 43.0 Å². The van der Waals surface area contributed by atoms with Gasteiger partial charge >= 0.3 is 0 Å². The zero-order valence-corrected chi connectivity index (χ0v) is 17.1. The first-order valence-corrected chi connectivity index (χ1v) is 10.3. The maximum absolute atomic E-state index is 14.0. The molecule has 154 valence electrons. The highest BCUT2D eigenvalue weighted by molar-refractivity contribution is 5.80. The van der Waals surface area contributed by atoms with Crippen LogP contribution < -0.4 is 20.4 Å². The zero-order chi connectivity index (χ0) is 20.2. The zero-order valence-electron chi connectivity index (χ0n) is 17.1. The lowest BCUT2D eigenvalue weighted by atomic mass is 10.2. The van der Waals surface area contributed by atoms with Crippen molar-refractivity contribution < 1.29 is 4.39 Å². The summed E-state index contributed by atoms with van der Waals surface area (Å²) in [4.78, 5) is 13.0. The van der Waals surface area contributed by atoms with E-state index >= 15 is 0 Å². The lowest BCUT2D eigenvalue weighted by Crippen LogP contribution is -2.49. The van der Waals surface area contributed by atoms with E-state index in [2.05, 4.69) is 56.7 Å². The summed E-state index contributed by atoms with van der Waals surface area (Å²) in [6.45, 7) is 5.59. The van der Waals surface area contributed by atoms with Crippen LogP contribution in [0.3, 0.4) is 0 Å². The van der Waals surface area contributed by atoms with Crippen molar-refractivity contribution in [3.63, 3.8) is 0 Å². The van der Waals surface area contributed by atoms with Gasteiger partial charge in [0.25, 0.3) is 0 Å². The number of hydrogen-bond donors (Lipinski definition) is 2. The third kappa shape index (κ3) is 4.28. The number of para-hydroxylation sites is 1. The van der Waals surface area contributed by atoms with E-state index in [1.807, 2.05) is 4.90 Å². The normalized spacial score (nSPS) is 20.0. The van der Waals surface area contributed by atoms with Crippen LogP contribution in [0.4, 0.5) is 15.9 Å². The first kappa shape index (κ1) is 19.5. The molecule has 0 saturated carbocycles. The van der Waals surface area contributed by atoms with E-state index in [1.54, 1.807) is 19.3 Å². The van der Waals surface area contributed by atoms with Gasteiger partial charge in [-0.3, -0.25) is 4.99 Å². The Hall–Kier alpha value is -2.83. The molecule has 0 radical (unpaired) electrons. The molecule has 4 rings (SSSR count). The number of rotatable bonds is 5. The number of aliphatic imine (C=N–C) groups is 1. The number of anilines is 2. The molecule has 1 aromatic carbocycles. The van der Waals surface area contributed by atoms with Gasteiger partial charge in [-0.15, -0.1) is 0 Å². The molecule has 0 spiro atoms. The van der Waals surface area contributed by atoms with Crippen molar-refractivity contribution in [3.05, 3.63) is 54.0 Å². The molecule has 1 fully saturated rings. The summed E-state index contributed by atoms with van der Waals surface area (Å²) in [5.74, 6) is 0.953. The second-order valence-corrected chi connectivity index (χ2v) is 7.76. The molecule has 2 atom stereocenters. The maximum atomic E-state index is 14.0. The topological polar surface area (TPSA) is 55.8 Å². The van der Waals surface area contributed by atoms with Gasteiger partial charge in [0.2, 0.25) is 0 Å². The molecular weight excluding hydrogens is 367 g/mol. The Labute approximate surface area is 171 Å². The monoisotopic (exact) mass is 396 g/mol. The number of benzene rings is 1. The number of guanidine groups is 1. The first-order valence-electron chi connectivity index (χ1n) is 10.3. The number of aromatic nitrogens is 1. The van der Waals surface area contributed by atoms with E-state index < -0.39 is 0 Å². The molecule has 6 nitrogen and oxygen atoms in total. The number of nitrogens with one attached hydrogen (secondary N) is 2. The highest BCUT2D eigenvalue weighted by Gasteiger charge is 2.27. The molecule has 1 aromatic heterocycles. The van der Waals surface area contributed by atoms with Crippen molar-refractivity contribution in [3.8, 4) is 0 Å². The van der Waals surface area contributed by atoms with E-state index in [9.17, 15) is 4.39 Å². The SMILES string of the molecule is CN=C(NCC(C)N1CCc2ccccc21)NC1CCN(c2ncccc2F)C1. The van der Waals surface area contributed by atoms with Crippen LogP contribution in [-0.2, 0) is 6.42 Å². The van der Waals surface area contributed by atoms with Gasteiger partial charge < -0.3 is 20.4 Å². The summed E-state index contributed by atoms with van der Waals surface area (Å²) in [7, 11) is 1.79. The van der Waals surface area contributed by atoms with Gasteiger partial charge in [-0.25, -0.2) is 9.37 Å². The third-order valence-corrected chi connectivity index (χ3v) is 5.81. The molecule has 0 bridgehead atoms. The molecular formula is C22H29FN6. The van der Waals surface area contributed by atoms with Gasteiger partial charge in [0, 0.05) is 57.2 Å². The standard InChI is InChI=1S/C22H29FN6/c1-16(29-13-9-17-6-3-4-8-20(17)29)14-26-22(24-2)27-18-10-12-28(15-18)21-19(23)7-5-11-25-21/h3-8,11,16,18H,9-10,12-15H2,1-2H3,(H2,24,26,27). The summed E-state index contributed by atoms with van der Waals surface area (Å²) < 4.78 is 14.0. The second-order valence-electron chi connectivity index (χ2n) is 7.76. The van der Waals surface area contributed by atoms with Crippen molar-refractivity contribution in [1.29, 1.82) is 0 Å². The predicted molar refractivity (Wildman–Crippen MR) is 116 cm³/mol. The van der Waals surface area contributed by atoms with Gasteiger partial charge in [-0.1, -0.05) is 18.2 Å². The van der Waals surface area contributed by atoms with Gasteiger partial charge in [-0.2, -0.15) is 0 Å². The van der Waals surface area contributed by atoms with Gasteiger partial charge in [-0.05, 0) is 43.5 Å². The molecule has 2 unspecified atom stereocenters. The molecule has 2 aliphatic heterocycles. The molecule has 2 aliphatic rings. The van der Waals surface area contributed by atoms with Crippen molar-refractivity contribution in [2.24, 2.45) is 4.99 Å². The fraction of sp³-hybridized carbons (Fsp3) is 0.455. The maximum Gasteiger partial charge on any atom is 0.191 e. The van der Waals surface area contributed by atoms with Crippen LogP contribution in [0.5, 0.6) is 0 Å². The summed E-state index contributed by atoms with van der Waals surface area (Å²) in [5.41, 5.74) is 2.77. The minimum Gasteiger partial charge on any atom is -0.366 e. The first-order chi connectivity index (χ1) is 14.2. The Morgan fingerprint density at radius 2 is 2.14 bits per heavy atom. The molecule has 1 saturated heterocycles. The molecule has 7 heteroatoms. The van der Waals surface area contributed by atoms with E-state index in [-0.39, 0.29) is 11.9 Å². The summed E-state index contributed by atoms with van der Waals surface area (Å²) in [6.07, 6.45) is 3.67. The van der Waals surface area contributed by atoms with Crippen LogP contribution in [0, 0.1) is 5.82 Å². The fourth-order valence-electron chi connectivity index (χ4n) is 4.24. The summed E-state index contributed by atoms with van der Waals surface area (Å²) >= 11 is 0. The minimum absolute atomic E-state index is 0.213. The van der Waals surface area contributed by atoms with E-state index in [4.69, 9.17) is 0 Å². The van der Waals surface area contributed by atoms with Gasteiger partial charge in [0.1, 0.15) is 0 Å². The Morgan fingerprint density at radius 3 is 2.97 bits per heavy atom. The van der Waals surface area contributed by atoms with Crippen molar-refractivity contribution in [1.82, 2.24) is 15.6 Å². The van der Waals surface area contributed by atoms with Crippen molar-refractivity contribution >= 4 is 17.5 Å². The average molecular weight is 397 g/mol. The Bertz CT molecular complexity index is 870. The Morgan fingerprint density at radius 1 is 1.28 bits per heavy atom. The summed E-state index contributed by atoms with van der Waals surface area (Å²) in [6, 6.07) is 12.3. The highest BCUT2D eigenvalue weighted by Crippen LogP contribution is 2.28. The number of nitrogens with zero attached hydrogens (tertiary/aromatic N) is 4. The predicted octanol–water partition coefficient (Wildman–Crippen LogP) is 2.42. The quantitative estimate of drug-likeness (QED) is 0.601. The molecule has 2 N–H and O–H groups in total. The van der Waals surface area contributed by atoms with E-state index in [1.165, 1.54) is 17.3 Å². The number of hydrogen-bond acceptors (Lipinski definition) is 4. The number of halogens is 1. The second kappa shape index (κ2) is 8.68. The lowest BCUT2D eigenvalue weighted by molar-refractivity contribution is 0.602. The summed E-state index contributed by atoms with van der Waals surface area (Å²) in [5, 5.41) is 6.94. The molecule has 3 heterocycles. The minimum atomic E-state index is -0.268. The third-order valence-electron chi connectivity index (χ3n) is 5.81. The lowest BCUT2D eigenvalue weighted by Gasteiger charge is -2.28. The van der Waals surface area contributed by atoms with Crippen LogP contribution in [0.2, 0.25) is 0 Å². The Balaban J connectivity index is 1.29. The van der Waals surface area contributed by atoms with Crippen LogP contribution in [0.1, 0.15) is 18.9 Å². The number of pyridine rings is 1. The molecule has 0 amide bonds. The van der Waals surface area contributed by atoms with Crippen LogP contribution in [0.15, 0.2) is 47.6 Å². The van der Waals surface area contributed by atoms with Gasteiger partial charge in [0.05, 0.1) is 0 Å². The Kier molecular flexibility index (Phi) is 5.83. The largest absolute Gasteiger partial charge is 0.366 e. The van der Waals surface area contributed by atoms with Crippen LogP contribution in [-0.4, -0.2) is 56.3 Å². The molecule has 2 aromatic rings. The van der Waals surface area contributed by atoms with Gasteiger partial charge in [0.15, 0.2) is 17.6 Å². The van der Waals surface area contributed by atoms with E-state index in [0.29, 0.717) is 18.4 Å². The van der Waals surface area contributed by atoms with E-state index in [0.717, 1.165) is 38.4 Å². The molecule has 0 aliphatic carbocycles. The van der Waals surface area contributed by atoms with Crippen molar-refractivity contribution in [2.45, 2.75) is 31.8 Å². The van der Waals surface area contributed by atoms with Crippen LogP contribution >= 0.6 is 0 Å². The fourth-order valence-corrected chi connectivity index (χ4v) is 4.24.